The van der Waals surface area contributed by atoms with Crippen LogP contribution in [-0.2, 0) is 17.9 Å². The number of amides is 2. The summed E-state index contributed by atoms with van der Waals surface area (Å²) in [6.07, 6.45) is 7.16. The first-order valence-electron chi connectivity index (χ1n) is 12.7. The highest BCUT2D eigenvalue weighted by Gasteiger charge is 2.28. The normalized spacial score (nSPS) is 14.0. The van der Waals surface area contributed by atoms with Crippen molar-refractivity contribution in [1.82, 2.24) is 14.4 Å². The maximum absolute atomic E-state index is 13.7. The summed E-state index contributed by atoms with van der Waals surface area (Å²) in [6.45, 7) is 3.13. The van der Waals surface area contributed by atoms with Crippen molar-refractivity contribution >= 4 is 11.8 Å². The third-order valence-electron chi connectivity index (χ3n) is 6.92. The fraction of sp³-hybridized carbons (Fsp3) is 0.379. The van der Waals surface area contributed by atoms with E-state index in [9.17, 15) is 18.4 Å². The molecule has 7 heteroatoms. The molecule has 1 aliphatic rings. The summed E-state index contributed by atoms with van der Waals surface area (Å²) >= 11 is 0. The van der Waals surface area contributed by atoms with Gasteiger partial charge in [-0.1, -0.05) is 37.5 Å². The monoisotopic (exact) mass is 493 g/mol. The van der Waals surface area contributed by atoms with E-state index >= 15 is 0 Å². The average Bonchev–Trinajstić information content (AvgIpc) is 3.33. The van der Waals surface area contributed by atoms with Crippen LogP contribution >= 0.6 is 0 Å². The lowest BCUT2D eigenvalue weighted by atomic mass is 9.94. The molecule has 1 saturated carbocycles. The molecule has 3 aromatic rings. The molecule has 1 fully saturated rings. The molecule has 190 valence electrons. The largest absolute Gasteiger partial charge is 0.345 e. The molecule has 1 aromatic heterocycles. The minimum atomic E-state index is -0.478. The first kappa shape index (κ1) is 25.6. The number of hydrogen-bond donors (Lipinski definition) is 0. The number of likely N-dealkylation sites (N-methyl/N-ethyl adjacent to an activating group) is 1. The van der Waals surface area contributed by atoms with E-state index in [1.807, 2.05) is 30.2 Å². The first-order chi connectivity index (χ1) is 17.4. The number of benzene rings is 2. The molecule has 0 radical (unpaired) electrons. The summed E-state index contributed by atoms with van der Waals surface area (Å²) in [5.74, 6) is -1.21. The van der Waals surface area contributed by atoms with Gasteiger partial charge in [0.05, 0.1) is 6.54 Å². The van der Waals surface area contributed by atoms with Gasteiger partial charge in [-0.15, -0.1) is 0 Å². The van der Waals surface area contributed by atoms with Crippen LogP contribution in [-0.4, -0.2) is 45.3 Å². The minimum absolute atomic E-state index is 0.0545. The van der Waals surface area contributed by atoms with E-state index in [-0.39, 0.29) is 35.8 Å². The number of halogens is 2. The van der Waals surface area contributed by atoms with Gasteiger partial charge in [0.2, 0.25) is 5.91 Å². The highest BCUT2D eigenvalue weighted by Crippen LogP contribution is 2.25. The molecule has 1 aliphatic carbocycles. The highest BCUT2D eigenvalue weighted by atomic mass is 19.1. The van der Waals surface area contributed by atoms with Crippen LogP contribution in [0.15, 0.2) is 66.9 Å². The van der Waals surface area contributed by atoms with E-state index in [1.54, 1.807) is 18.2 Å². The van der Waals surface area contributed by atoms with Crippen LogP contribution in [0.5, 0.6) is 0 Å². The molecule has 0 bridgehead atoms. The van der Waals surface area contributed by atoms with Crippen molar-refractivity contribution in [3.63, 3.8) is 0 Å². The maximum atomic E-state index is 13.7. The Labute approximate surface area is 211 Å². The van der Waals surface area contributed by atoms with Crippen molar-refractivity contribution in [3.05, 3.63) is 95.3 Å². The summed E-state index contributed by atoms with van der Waals surface area (Å²) < 4.78 is 29.1. The molecule has 0 spiro atoms. The van der Waals surface area contributed by atoms with Crippen molar-refractivity contribution in [1.29, 1.82) is 0 Å². The zero-order valence-corrected chi connectivity index (χ0v) is 20.7. The SMILES string of the molecule is CCN(CC(=O)N(Cc1cccn1Cc1ccc(F)cc1)C1CCCCC1)C(=O)c1cccc(F)c1. The molecule has 0 unspecified atom stereocenters. The lowest BCUT2D eigenvalue weighted by molar-refractivity contribution is -0.135. The topological polar surface area (TPSA) is 45.6 Å². The fourth-order valence-electron chi connectivity index (χ4n) is 4.91. The Morgan fingerprint density at radius 1 is 0.944 bits per heavy atom. The standard InChI is InChI=1S/C29H33F2N3O2/c1-2-32(29(36)23-8-6-9-25(31)18-23)21-28(35)34(26-10-4-3-5-11-26)20-27-12-7-17-33(27)19-22-13-15-24(30)16-14-22/h6-9,12-18,26H,2-5,10-11,19-21H2,1H3. The van der Waals surface area contributed by atoms with Gasteiger partial charge < -0.3 is 14.4 Å². The second kappa shape index (κ2) is 12.0. The number of nitrogens with zero attached hydrogens (tertiary/aromatic N) is 3. The zero-order chi connectivity index (χ0) is 25.5. The second-order valence-corrected chi connectivity index (χ2v) is 9.40. The maximum Gasteiger partial charge on any atom is 0.254 e. The molecular weight excluding hydrogens is 460 g/mol. The van der Waals surface area contributed by atoms with Crippen LogP contribution in [0.1, 0.15) is 60.6 Å². The molecule has 0 aliphatic heterocycles. The van der Waals surface area contributed by atoms with E-state index < -0.39 is 5.82 Å². The molecule has 2 amide bonds. The predicted octanol–water partition coefficient (Wildman–Crippen LogP) is 5.64. The van der Waals surface area contributed by atoms with E-state index in [1.165, 1.54) is 41.7 Å². The first-order valence-corrected chi connectivity index (χ1v) is 12.7. The van der Waals surface area contributed by atoms with Crippen LogP contribution in [0.25, 0.3) is 0 Å². The van der Waals surface area contributed by atoms with E-state index in [4.69, 9.17) is 0 Å². The molecule has 2 aromatic carbocycles. The van der Waals surface area contributed by atoms with Gasteiger partial charge in [0.1, 0.15) is 18.2 Å². The predicted molar refractivity (Wildman–Crippen MR) is 135 cm³/mol. The zero-order valence-electron chi connectivity index (χ0n) is 20.7. The molecule has 0 N–H and O–H groups in total. The molecular formula is C29H33F2N3O2. The van der Waals surface area contributed by atoms with Crippen molar-refractivity contribution in [2.45, 2.75) is 58.2 Å². The Balaban J connectivity index is 1.52. The summed E-state index contributed by atoms with van der Waals surface area (Å²) in [6, 6.07) is 16.1. The van der Waals surface area contributed by atoms with Gasteiger partial charge in [0.25, 0.3) is 5.91 Å². The van der Waals surface area contributed by atoms with Gasteiger partial charge in [-0.2, -0.15) is 0 Å². The molecule has 0 atom stereocenters. The Kier molecular flexibility index (Phi) is 8.52. The summed E-state index contributed by atoms with van der Waals surface area (Å²) in [5.41, 5.74) is 2.20. The minimum Gasteiger partial charge on any atom is -0.345 e. The summed E-state index contributed by atoms with van der Waals surface area (Å²) in [5, 5.41) is 0. The molecule has 1 heterocycles. The number of carbonyl (C=O) groups is 2. The lowest BCUT2D eigenvalue weighted by Crippen LogP contribution is -2.47. The van der Waals surface area contributed by atoms with Gasteiger partial charge in [-0.05, 0) is 67.8 Å². The summed E-state index contributed by atoms with van der Waals surface area (Å²) in [7, 11) is 0. The lowest BCUT2D eigenvalue weighted by Gasteiger charge is -2.36. The Morgan fingerprint density at radius 2 is 1.69 bits per heavy atom. The Bertz CT molecular complexity index is 1170. The van der Waals surface area contributed by atoms with Gasteiger partial charge in [0, 0.05) is 36.6 Å². The summed E-state index contributed by atoms with van der Waals surface area (Å²) in [4.78, 5) is 30.1. The number of carbonyl (C=O) groups excluding carboxylic acids is 2. The van der Waals surface area contributed by atoms with Crippen molar-refractivity contribution < 1.29 is 18.4 Å². The van der Waals surface area contributed by atoms with Crippen LogP contribution in [0.4, 0.5) is 8.78 Å². The quantitative estimate of drug-likeness (QED) is 0.387. The number of hydrogen-bond acceptors (Lipinski definition) is 2. The molecule has 4 rings (SSSR count). The van der Waals surface area contributed by atoms with Gasteiger partial charge in [-0.25, -0.2) is 8.78 Å². The van der Waals surface area contributed by atoms with Crippen LogP contribution in [0.2, 0.25) is 0 Å². The third kappa shape index (κ3) is 6.39. The van der Waals surface area contributed by atoms with Gasteiger partial charge in [-0.3, -0.25) is 9.59 Å². The van der Waals surface area contributed by atoms with Gasteiger partial charge >= 0.3 is 0 Å². The average molecular weight is 494 g/mol. The van der Waals surface area contributed by atoms with E-state index in [0.717, 1.165) is 36.9 Å². The van der Waals surface area contributed by atoms with Crippen molar-refractivity contribution in [2.75, 3.05) is 13.1 Å². The van der Waals surface area contributed by atoms with E-state index in [0.29, 0.717) is 19.6 Å². The Morgan fingerprint density at radius 3 is 2.39 bits per heavy atom. The Hall–Kier alpha value is -3.48. The van der Waals surface area contributed by atoms with Crippen molar-refractivity contribution in [3.8, 4) is 0 Å². The third-order valence-corrected chi connectivity index (χ3v) is 6.92. The number of rotatable bonds is 9. The second-order valence-electron chi connectivity index (χ2n) is 9.40. The molecule has 36 heavy (non-hydrogen) atoms. The molecule has 0 saturated heterocycles. The van der Waals surface area contributed by atoms with Crippen LogP contribution in [0, 0.1) is 11.6 Å². The van der Waals surface area contributed by atoms with Gasteiger partial charge in [0.15, 0.2) is 0 Å². The smallest absolute Gasteiger partial charge is 0.254 e. The fourth-order valence-corrected chi connectivity index (χ4v) is 4.91. The van der Waals surface area contributed by atoms with Crippen LogP contribution < -0.4 is 0 Å². The van der Waals surface area contributed by atoms with E-state index in [2.05, 4.69) is 4.57 Å². The highest BCUT2D eigenvalue weighted by molar-refractivity contribution is 5.96. The van der Waals surface area contributed by atoms with Crippen molar-refractivity contribution in [2.24, 2.45) is 0 Å². The number of aromatic nitrogens is 1. The molecule has 5 nitrogen and oxygen atoms in total. The van der Waals surface area contributed by atoms with Crippen LogP contribution in [0.3, 0.4) is 0 Å².